The molecule has 0 radical (unpaired) electrons. The lowest BCUT2D eigenvalue weighted by molar-refractivity contribution is 0.253. The summed E-state index contributed by atoms with van der Waals surface area (Å²) in [5.74, 6) is 2.88. The fourth-order valence-electron chi connectivity index (χ4n) is 3.99. The van der Waals surface area contributed by atoms with Gasteiger partial charge >= 0.3 is 0 Å². The average molecular weight is 264 g/mol. The zero-order valence-corrected chi connectivity index (χ0v) is 12.3. The Kier molecular flexibility index (Phi) is 3.71. The van der Waals surface area contributed by atoms with E-state index in [1.165, 1.54) is 42.0 Å². The Morgan fingerprint density at radius 2 is 2.33 bits per heavy atom. The number of fused-ring (bicyclic) bond motifs is 2. The Balaban J connectivity index is 1.77. The van der Waals surface area contributed by atoms with Crippen LogP contribution in [0.2, 0.25) is 0 Å². The van der Waals surface area contributed by atoms with E-state index in [9.17, 15) is 0 Å². The molecule has 100 valence electrons. The van der Waals surface area contributed by atoms with Crippen LogP contribution in [-0.4, -0.2) is 11.5 Å². The average Bonchev–Trinajstić information content (AvgIpc) is 3.06. The van der Waals surface area contributed by atoms with Gasteiger partial charge in [0.25, 0.3) is 0 Å². The molecule has 0 spiro atoms. The second-order valence-electron chi connectivity index (χ2n) is 6.05. The third-order valence-electron chi connectivity index (χ3n) is 4.78. The molecule has 2 nitrogen and oxygen atoms in total. The third kappa shape index (κ3) is 2.35. The molecule has 0 aromatic carbocycles. The number of nitrogens with zero attached hydrogens (tertiary/aromatic N) is 1. The van der Waals surface area contributed by atoms with Gasteiger partial charge in [0.05, 0.1) is 5.01 Å². The molecule has 0 aliphatic heterocycles. The van der Waals surface area contributed by atoms with Gasteiger partial charge in [0.1, 0.15) is 0 Å². The van der Waals surface area contributed by atoms with Crippen molar-refractivity contribution in [2.45, 2.75) is 52.0 Å². The summed E-state index contributed by atoms with van der Waals surface area (Å²) in [7, 11) is 0. The van der Waals surface area contributed by atoms with Crippen LogP contribution in [0.4, 0.5) is 0 Å². The van der Waals surface area contributed by atoms with E-state index in [0.717, 1.165) is 24.3 Å². The molecule has 0 saturated heterocycles. The van der Waals surface area contributed by atoms with Crippen LogP contribution in [0.3, 0.4) is 0 Å². The molecule has 1 heterocycles. The minimum Gasteiger partial charge on any atom is -0.309 e. The first kappa shape index (κ1) is 12.6. The summed E-state index contributed by atoms with van der Waals surface area (Å²) < 4.78 is 0. The van der Waals surface area contributed by atoms with Crippen molar-refractivity contribution in [3.05, 3.63) is 16.1 Å². The quantitative estimate of drug-likeness (QED) is 0.871. The molecular formula is C15H24N2S. The van der Waals surface area contributed by atoms with Gasteiger partial charge in [-0.1, -0.05) is 13.3 Å². The van der Waals surface area contributed by atoms with E-state index >= 15 is 0 Å². The first-order valence-electron chi connectivity index (χ1n) is 7.43. The van der Waals surface area contributed by atoms with Crippen LogP contribution in [0.5, 0.6) is 0 Å². The smallest absolute Gasteiger partial charge is 0.0897 e. The van der Waals surface area contributed by atoms with Gasteiger partial charge in [-0.3, -0.25) is 0 Å². The fourth-order valence-corrected chi connectivity index (χ4v) is 4.92. The van der Waals surface area contributed by atoms with Gasteiger partial charge in [0, 0.05) is 17.1 Å². The van der Waals surface area contributed by atoms with E-state index in [4.69, 9.17) is 0 Å². The van der Waals surface area contributed by atoms with Crippen LogP contribution in [0.25, 0.3) is 0 Å². The molecule has 2 fully saturated rings. The van der Waals surface area contributed by atoms with Gasteiger partial charge < -0.3 is 5.32 Å². The highest BCUT2D eigenvalue weighted by Gasteiger charge is 2.43. The predicted octanol–water partition coefficient (Wildman–Crippen LogP) is 3.93. The van der Waals surface area contributed by atoms with E-state index in [1.54, 1.807) is 0 Å². The van der Waals surface area contributed by atoms with Gasteiger partial charge in [0.15, 0.2) is 0 Å². The Hall–Kier alpha value is -0.410. The Labute approximate surface area is 114 Å². The first-order chi connectivity index (χ1) is 8.78. The van der Waals surface area contributed by atoms with E-state index in [-0.39, 0.29) is 0 Å². The number of aryl methyl sites for hydroxylation is 1. The Morgan fingerprint density at radius 1 is 1.44 bits per heavy atom. The molecule has 4 unspecified atom stereocenters. The van der Waals surface area contributed by atoms with Crippen molar-refractivity contribution >= 4 is 11.3 Å². The van der Waals surface area contributed by atoms with Gasteiger partial charge in [0.2, 0.25) is 0 Å². The lowest BCUT2D eigenvalue weighted by Crippen LogP contribution is -2.31. The first-order valence-corrected chi connectivity index (χ1v) is 8.25. The van der Waals surface area contributed by atoms with Crippen molar-refractivity contribution in [1.29, 1.82) is 0 Å². The lowest BCUT2D eigenvalue weighted by Gasteiger charge is -2.30. The zero-order chi connectivity index (χ0) is 12.5. The fraction of sp³-hybridized carbons (Fsp3) is 0.800. The summed E-state index contributed by atoms with van der Waals surface area (Å²) in [6.07, 6.45) is 9.23. The summed E-state index contributed by atoms with van der Waals surface area (Å²) in [6.45, 7) is 5.50. The van der Waals surface area contributed by atoms with Gasteiger partial charge in [-0.05, 0) is 56.9 Å². The monoisotopic (exact) mass is 264 g/mol. The van der Waals surface area contributed by atoms with E-state index in [0.29, 0.717) is 6.04 Å². The summed E-state index contributed by atoms with van der Waals surface area (Å²) in [5, 5.41) is 5.00. The molecule has 2 bridgehead atoms. The van der Waals surface area contributed by atoms with E-state index in [2.05, 4.69) is 30.3 Å². The second-order valence-corrected chi connectivity index (χ2v) is 7.32. The highest BCUT2D eigenvalue weighted by Crippen LogP contribution is 2.53. The van der Waals surface area contributed by atoms with Crippen LogP contribution < -0.4 is 5.32 Å². The maximum absolute atomic E-state index is 4.46. The number of hydrogen-bond acceptors (Lipinski definition) is 3. The Bertz CT molecular complexity index is 401. The lowest BCUT2D eigenvalue weighted by atomic mass is 9.82. The van der Waals surface area contributed by atoms with Crippen molar-refractivity contribution < 1.29 is 0 Å². The maximum atomic E-state index is 4.46. The number of rotatable bonds is 5. The number of nitrogens with one attached hydrogen (secondary N) is 1. The molecule has 2 aliphatic rings. The molecule has 1 aromatic heterocycles. The van der Waals surface area contributed by atoms with Crippen LogP contribution in [0, 0.1) is 24.7 Å². The molecule has 18 heavy (non-hydrogen) atoms. The molecule has 4 atom stereocenters. The summed E-state index contributed by atoms with van der Waals surface area (Å²) in [5.41, 5.74) is 0. The summed E-state index contributed by atoms with van der Waals surface area (Å²) >= 11 is 1.89. The topological polar surface area (TPSA) is 24.9 Å². The van der Waals surface area contributed by atoms with Crippen LogP contribution >= 0.6 is 11.3 Å². The highest BCUT2D eigenvalue weighted by molar-refractivity contribution is 7.11. The minimum atomic E-state index is 0.575. The summed E-state index contributed by atoms with van der Waals surface area (Å²) in [6, 6.07) is 0.575. The highest BCUT2D eigenvalue weighted by atomic mass is 32.1. The molecular weight excluding hydrogens is 240 g/mol. The normalized spacial score (nSPS) is 32.0. The molecule has 3 rings (SSSR count). The van der Waals surface area contributed by atoms with Crippen molar-refractivity contribution in [2.24, 2.45) is 17.8 Å². The van der Waals surface area contributed by atoms with Gasteiger partial charge in [-0.15, -0.1) is 11.3 Å². The second kappa shape index (κ2) is 5.30. The SMILES string of the molecule is CCCNC(c1cnc(C)s1)C1CC2CCC1C2. The Morgan fingerprint density at radius 3 is 2.89 bits per heavy atom. The van der Waals surface area contributed by atoms with Crippen LogP contribution in [0.15, 0.2) is 6.20 Å². The predicted molar refractivity (Wildman–Crippen MR) is 76.8 cm³/mol. The van der Waals surface area contributed by atoms with Crippen molar-refractivity contribution in [3.8, 4) is 0 Å². The minimum absolute atomic E-state index is 0.575. The number of thiazole rings is 1. The molecule has 1 aromatic rings. The molecule has 2 saturated carbocycles. The molecule has 0 amide bonds. The largest absolute Gasteiger partial charge is 0.309 e. The molecule has 3 heteroatoms. The van der Waals surface area contributed by atoms with Crippen LogP contribution in [-0.2, 0) is 0 Å². The number of aromatic nitrogens is 1. The zero-order valence-electron chi connectivity index (χ0n) is 11.5. The number of hydrogen-bond donors (Lipinski definition) is 1. The van der Waals surface area contributed by atoms with Crippen molar-refractivity contribution in [3.63, 3.8) is 0 Å². The van der Waals surface area contributed by atoms with Crippen LogP contribution in [0.1, 0.15) is 55.0 Å². The third-order valence-corrected chi connectivity index (χ3v) is 5.78. The maximum Gasteiger partial charge on any atom is 0.0897 e. The molecule has 1 N–H and O–H groups in total. The van der Waals surface area contributed by atoms with E-state index < -0.39 is 0 Å². The van der Waals surface area contributed by atoms with Gasteiger partial charge in [-0.2, -0.15) is 0 Å². The standard InChI is InChI=1S/C15H24N2S/c1-3-6-16-15(14-9-17-10(2)18-14)13-8-11-4-5-12(13)7-11/h9,11-13,15-16H,3-8H2,1-2H3. The van der Waals surface area contributed by atoms with E-state index in [1.807, 2.05) is 11.3 Å². The van der Waals surface area contributed by atoms with Gasteiger partial charge in [-0.25, -0.2) is 4.98 Å². The van der Waals surface area contributed by atoms with Crippen molar-refractivity contribution in [2.75, 3.05) is 6.54 Å². The molecule has 2 aliphatic carbocycles. The van der Waals surface area contributed by atoms with Crippen molar-refractivity contribution in [1.82, 2.24) is 10.3 Å². The summed E-state index contributed by atoms with van der Waals surface area (Å²) in [4.78, 5) is 5.93.